The second-order valence-corrected chi connectivity index (χ2v) is 6.18. The average Bonchev–Trinajstić information content (AvgIpc) is 3.19. The number of benzene rings is 2. The van der Waals surface area contributed by atoms with Gasteiger partial charge >= 0.3 is 0 Å². The third-order valence-corrected chi connectivity index (χ3v) is 4.04. The Labute approximate surface area is 160 Å². The molecule has 0 aliphatic carbocycles. The van der Waals surface area contributed by atoms with Crippen LogP contribution in [0.1, 0.15) is 15.9 Å². The zero-order valence-electron chi connectivity index (χ0n) is 14.9. The SMILES string of the molecule is Cc1ccnc(-c2noc(-c3cccc(NC(=O)c4ccc(F)cc4)c3)n2)c1. The third-order valence-electron chi connectivity index (χ3n) is 4.04. The van der Waals surface area contributed by atoms with E-state index in [1.54, 1.807) is 30.5 Å². The van der Waals surface area contributed by atoms with Crippen molar-refractivity contribution in [2.45, 2.75) is 6.92 Å². The minimum atomic E-state index is -0.395. The van der Waals surface area contributed by atoms with Crippen LogP contribution in [0.5, 0.6) is 0 Å². The van der Waals surface area contributed by atoms with Crippen LogP contribution in [0.3, 0.4) is 0 Å². The van der Waals surface area contributed by atoms with E-state index in [2.05, 4.69) is 20.4 Å². The van der Waals surface area contributed by atoms with Crippen molar-refractivity contribution < 1.29 is 13.7 Å². The van der Waals surface area contributed by atoms with Crippen molar-refractivity contribution in [1.82, 2.24) is 15.1 Å². The molecule has 0 saturated carbocycles. The first-order chi connectivity index (χ1) is 13.6. The highest BCUT2D eigenvalue weighted by molar-refractivity contribution is 6.04. The zero-order valence-corrected chi connectivity index (χ0v) is 14.9. The highest BCUT2D eigenvalue weighted by Crippen LogP contribution is 2.24. The van der Waals surface area contributed by atoms with E-state index in [1.807, 2.05) is 19.1 Å². The fourth-order valence-corrected chi connectivity index (χ4v) is 2.64. The molecule has 2 heterocycles. The largest absolute Gasteiger partial charge is 0.334 e. The minimum absolute atomic E-state index is 0.316. The topological polar surface area (TPSA) is 80.9 Å². The normalized spacial score (nSPS) is 10.6. The maximum Gasteiger partial charge on any atom is 0.258 e. The van der Waals surface area contributed by atoms with Gasteiger partial charge in [-0.25, -0.2) is 4.39 Å². The molecule has 1 amide bonds. The summed E-state index contributed by atoms with van der Waals surface area (Å²) >= 11 is 0. The first-order valence-electron chi connectivity index (χ1n) is 8.52. The highest BCUT2D eigenvalue weighted by Gasteiger charge is 2.13. The fourth-order valence-electron chi connectivity index (χ4n) is 2.64. The summed E-state index contributed by atoms with van der Waals surface area (Å²) in [5, 5.41) is 6.75. The number of amides is 1. The lowest BCUT2D eigenvalue weighted by atomic mass is 10.1. The van der Waals surface area contributed by atoms with Gasteiger partial charge in [0.25, 0.3) is 11.8 Å². The van der Waals surface area contributed by atoms with Crippen molar-refractivity contribution in [2.75, 3.05) is 5.32 Å². The van der Waals surface area contributed by atoms with E-state index in [9.17, 15) is 9.18 Å². The van der Waals surface area contributed by atoms with E-state index in [0.29, 0.717) is 34.2 Å². The van der Waals surface area contributed by atoms with Crippen molar-refractivity contribution in [3.63, 3.8) is 0 Å². The predicted octanol–water partition coefficient (Wildman–Crippen LogP) is 4.50. The lowest BCUT2D eigenvalue weighted by Crippen LogP contribution is -2.11. The van der Waals surface area contributed by atoms with Crippen LogP contribution in [0.2, 0.25) is 0 Å². The molecule has 0 fully saturated rings. The second-order valence-electron chi connectivity index (χ2n) is 6.18. The molecule has 0 unspecified atom stereocenters. The number of nitrogens with one attached hydrogen (secondary N) is 1. The zero-order chi connectivity index (χ0) is 19.5. The number of hydrogen-bond acceptors (Lipinski definition) is 5. The Bertz CT molecular complexity index is 1140. The molecule has 2 aromatic carbocycles. The molecule has 4 rings (SSSR count). The molecule has 0 saturated heterocycles. The summed E-state index contributed by atoms with van der Waals surface area (Å²) in [6.07, 6.45) is 1.69. The van der Waals surface area contributed by atoms with E-state index in [4.69, 9.17) is 4.52 Å². The summed E-state index contributed by atoms with van der Waals surface area (Å²) in [6, 6.07) is 16.1. The van der Waals surface area contributed by atoms with E-state index in [1.165, 1.54) is 24.3 Å². The number of aryl methyl sites for hydroxylation is 1. The molecule has 0 radical (unpaired) electrons. The van der Waals surface area contributed by atoms with Crippen LogP contribution in [0.25, 0.3) is 23.0 Å². The van der Waals surface area contributed by atoms with E-state index >= 15 is 0 Å². The Hall–Kier alpha value is -3.87. The smallest absolute Gasteiger partial charge is 0.258 e. The van der Waals surface area contributed by atoms with Crippen molar-refractivity contribution in [1.29, 1.82) is 0 Å². The molecule has 0 bridgehead atoms. The number of halogens is 1. The Kier molecular flexibility index (Phi) is 4.63. The number of carbonyl (C=O) groups is 1. The molecule has 138 valence electrons. The van der Waals surface area contributed by atoms with Gasteiger partial charge < -0.3 is 9.84 Å². The summed E-state index contributed by atoms with van der Waals surface area (Å²) in [7, 11) is 0. The van der Waals surface area contributed by atoms with Crippen LogP contribution in [-0.2, 0) is 0 Å². The molecule has 1 N–H and O–H groups in total. The van der Waals surface area contributed by atoms with Gasteiger partial charge in [-0.05, 0) is 67.1 Å². The van der Waals surface area contributed by atoms with Gasteiger partial charge in [0.15, 0.2) is 0 Å². The van der Waals surface area contributed by atoms with Crippen LogP contribution in [0.15, 0.2) is 71.4 Å². The minimum Gasteiger partial charge on any atom is -0.334 e. The van der Waals surface area contributed by atoms with Crippen molar-refractivity contribution in [3.05, 3.63) is 83.8 Å². The van der Waals surface area contributed by atoms with E-state index in [-0.39, 0.29) is 5.91 Å². The monoisotopic (exact) mass is 374 g/mol. The molecule has 6 nitrogen and oxygen atoms in total. The van der Waals surface area contributed by atoms with Crippen molar-refractivity contribution >= 4 is 11.6 Å². The number of aromatic nitrogens is 3. The molecule has 0 aliphatic heterocycles. The lowest BCUT2D eigenvalue weighted by molar-refractivity contribution is 0.102. The quantitative estimate of drug-likeness (QED) is 0.569. The molecule has 2 aromatic heterocycles. The highest BCUT2D eigenvalue weighted by atomic mass is 19.1. The molecular weight excluding hydrogens is 359 g/mol. The van der Waals surface area contributed by atoms with Gasteiger partial charge in [0, 0.05) is 23.0 Å². The van der Waals surface area contributed by atoms with E-state index < -0.39 is 5.82 Å². The second kappa shape index (κ2) is 7.40. The van der Waals surface area contributed by atoms with Gasteiger partial charge in [0.2, 0.25) is 5.82 Å². The summed E-state index contributed by atoms with van der Waals surface area (Å²) in [5.41, 5.74) is 3.23. The lowest BCUT2D eigenvalue weighted by Gasteiger charge is -2.06. The molecule has 0 spiro atoms. The summed E-state index contributed by atoms with van der Waals surface area (Å²) in [6.45, 7) is 1.96. The van der Waals surface area contributed by atoms with Gasteiger partial charge in [0.1, 0.15) is 11.5 Å². The maximum atomic E-state index is 13.0. The van der Waals surface area contributed by atoms with Gasteiger partial charge in [-0.15, -0.1) is 0 Å². The van der Waals surface area contributed by atoms with Gasteiger partial charge in [-0.3, -0.25) is 9.78 Å². The van der Waals surface area contributed by atoms with E-state index in [0.717, 1.165) is 5.56 Å². The molecule has 28 heavy (non-hydrogen) atoms. The third kappa shape index (κ3) is 3.78. The van der Waals surface area contributed by atoms with Crippen molar-refractivity contribution in [3.8, 4) is 23.0 Å². The first-order valence-corrected chi connectivity index (χ1v) is 8.52. The first kappa shape index (κ1) is 17.5. The molecule has 4 aromatic rings. The Balaban J connectivity index is 1.56. The van der Waals surface area contributed by atoms with Crippen LogP contribution in [0, 0.1) is 12.7 Å². The van der Waals surface area contributed by atoms with Crippen LogP contribution in [0.4, 0.5) is 10.1 Å². The number of hydrogen-bond donors (Lipinski definition) is 1. The number of carbonyl (C=O) groups excluding carboxylic acids is 1. The molecular formula is C21H15FN4O2. The maximum absolute atomic E-state index is 13.0. The fraction of sp³-hybridized carbons (Fsp3) is 0.0476. The Morgan fingerprint density at radius 1 is 1.07 bits per heavy atom. The molecule has 7 heteroatoms. The van der Waals surface area contributed by atoms with Gasteiger partial charge in [-0.1, -0.05) is 11.2 Å². The summed E-state index contributed by atoms with van der Waals surface area (Å²) in [4.78, 5) is 20.9. The van der Waals surface area contributed by atoms with Gasteiger partial charge in [-0.2, -0.15) is 4.98 Å². The average molecular weight is 374 g/mol. The van der Waals surface area contributed by atoms with Crippen LogP contribution < -0.4 is 5.32 Å². The van der Waals surface area contributed by atoms with Gasteiger partial charge in [0.05, 0.1) is 0 Å². The summed E-state index contributed by atoms with van der Waals surface area (Å²) < 4.78 is 18.4. The molecule has 0 atom stereocenters. The Morgan fingerprint density at radius 3 is 2.68 bits per heavy atom. The number of rotatable bonds is 4. The number of pyridine rings is 1. The number of anilines is 1. The number of nitrogens with zero attached hydrogens (tertiary/aromatic N) is 3. The molecule has 0 aliphatic rings. The predicted molar refractivity (Wildman–Crippen MR) is 102 cm³/mol. The summed E-state index contributed by atoms with van der Waals surface area (Å²) in [5.74, 6) is -0.0307. The Morgan fingerprint density at radius 2 is 1.89 bits per heavy atom. The van der Waals surface area contributed by atoms with Crippen LogP contribution in [-0.4, -0.2) is 21.0 Å². The van der Waals surface area contributed by atoms with Crippen LogP contribution >= 0.6 is 0 Å². The standard InChI is InChI=1S/C21H15FN4O2/c1-13-9-10-23-18(11-13)19-25-21(28-26-19)15-3-2-4-17(12-15)24-20(27)14-5-7-16(22)8-6-14/h2-12H,1H3,(H,24,27). The van der Waals surface area contributed by atoms with Crippen molar-refractivity contribution in [2.24, 2.45) is 0 Å².